The van der Waals surface area contributed by atoms with Gasteiger partial charge in [0.05, 0.1) is 27.1 Å². The number of pyridine rings is 1. The van der Waals surface area contributed by atoms with Crippen LogP contribution in [0.3, 0.4) is 0 Å². The highest BCUT2D eigenvalue weighted by molar-refractivity contribution is 6.42. The molecule has 2 aromatic rings. The van der Waals surface area contributed by atoms with Crippen molar-refractivity contribution in [2.75, 3.05) is 18.5 Å². The summed E-state index contributed by atoms with van der Waals surface area (Å²) in [6, 6.07) is 7.26. The first-order chi connectivity index (χ1) is 11.0. The number of hydrogen-bond acceptors (Lipinski definition) is 6. The minimum Gasteiger partial charge on any atom is -0.460 e. The van der Waals surface area contributed by atoms with Crippen molar-refractivity contribution in [3.63, 3.8) is 0 Å². The molecule has 0 amide bonds. The topological polar surface area (TPSA) is 94.4 Å². The van der Waals surface area contributed by atoms with E-state index in [4.69, 9.17) is 27.9 Å². The third-order valence-corrected chi connectivity index (χ3v) is 3.49. The predicted octanol–water partition coefficient (Wildman–Crippen LogP) is 3.57. The molecule has 0 aliphatic carbocycles. The largest absolute Gasteiger partial charge is 0.460 e. The van der Waals surface area contributed by atoms with Crippen LogP contribution in [0.25, 0.3) is 0 Å². The van der Waals surface area contributed by atoms with Gasteiger partial charge in [-0.2, -0.15) is 0 Å². The van der Waals surface area contributed by atoms with Crippen LogP contribution in [0.1, 0.15) is 10.4 Å². The first kappa shape index (κ1) is 17.0. The van der Waals surface area contributed by atoms with Gasteiger partial charge in [-0.15, -0.1) is 0 Å². The van der Waals surface area contributed by atoms with Gasteiger partial charge in [0.15, 0.2) is 0 Å². The lowest BCUT2D eigenvalue weighted by Crippen LogP contribution is -2.14. The fourth-order valence-corrected chi connectivity index (χ4v) is 1.93. The van der Waals surface area contributed by atoms with Gasteiger partial charge in [-0.25, -0.2) is 9.78 Å². The van der Waals surface area contributed by atoms with Crippen LogP contribution in [0.5, 0.6) is 0 Å². The number of anilines is 1. The molecule has 0 aliphatic heterocycles. The van der Waals surface area contributed by atoms with Gasteiger partial charge in [-0.3, -0.25) is 10.1 Å². The highest BCUT2D eigenvalue weighted by Crippen LogP contribution is 2.22. The summed E-state index contributed by atoms with van der Waals surface area (Å²) in [7, 11) is 0. The average Bonchev–Trinajstić information content (AvgIpc) is 2.54. The monoisotopic (exact) mass is 355 g/mol. The molecule has 0 atom stereocenters. The standard InChI is InChI=1S/C14H11Cl2N3O4/c15-11-3-1-9(7-12(11)16)14(20)23-6-5-17-13-4-2-10(8-18-13)19(21)22/h1-4,7-8H,5-6H2,(H,17,18). The van der Waals surface area contributed by atoms with E-state index in [1.54, 1.807) is 0 Å². The zero-order valence-corrected chi connectivity index (χ0v) is 13.2. The van der Waals surface area contributed by atoms with E-state index in [-0.39, 0.29) is 17.3 Å². The molecule has 0 unspecified atom stereocenters. The van der Waals surface area contributed by atoms with E-state index < -0.39 is 10.9 Å². The lowest BCUT2D eigenvalue weighted by Gasteiger charge is -2.07. The Morgan fingerprint density at radius 1 is 1.26 bits per heavy atom. The molecule has 1 heterocycles. The number of ether oxygens (including phenoxy) is 1. The summed E-state index contributed by atoms with van der Waals surface area (Å²) in [6.45, 7) is 0.398. The molecular weight excluding hydrogens is 345 g/mol. The second-order valence-corrected chi connectivity index (χ2v) is 5.16. The summed E-state index contributed by atoms with van der Waals surface area (Å²) >= 11 is 11.6. The van der Waals surface area contributed by atoms with Crippen molar-refractivity contribution in [1.29, 1.82) is 0 Å². The summed E-state index contributed by atoms with van der Waals surface area (Å²) in [6.07, 6.45) is 1.14. The summed E-state index contributed by atoms with van der Waals surface area (Å²) in [5.74, 6) is -0.0804. The molecule has 120 valence electrons. The van der Waals surface area contributed by atoms with E-state index >= 15 is 0 Å². The number of esters is 1. The zero-order chi connectivity index (χ0) is 16.8. The van der Waals surface area contributed by atoms with Crippen LogP contribution in [0.2, 0.25) is 10.0 Å². The van der Waals surface area contributed by atoms with Crippen molar-refractivity contribution >= 4 is 40.7 Å². The number of nitro groups is 1. The van der Waals surface area contributed by atoms with Crippen molar-refractivity contribution in [2.24, 2.45) is 0 Å². The molecule has 1 aromatic heterocycles. The molecule has 0 fully saturated rings. The van der Waals surface area contributed by atoms with Crippen molar-refractivity contribution in [3.8, 4) is 0 Å². The minimum absolute atomic E-state index is 0.0950. The second-order valence-electron chi connectivity index (χ2n) is 4.35. The van der Waals surface area contributed by atoms with Gasteiger partial charge in [-0.05, 0) is 24.3 Å². The number of carbonyl (C=O) groups is 1. The first-order valence-corrected chi connectivity index (χ1v) is 7.19. The molecule has 23 heavy (non-hydrogen) atoms. The van der Waals surface area contributed by atoms with Crippen LogP contribution in [0.15, 0.2) is 36.5 Å². The number of carbonyl (C=O) groups excluding carboxylic acids is 1. The molecular formula is C14H11Cl2N3O4. The van der Waals surface area contributed by atoms with E-state index in [2.05, 4.69) is 10.3 Å². The minimum atomic E-state index is -0.532. The van der Waals surface area contributed by atoms with Crippen molar-refractivity contribution < 1.29 is 14.5 Å². The maximum atomic E-state index is 11.8. The Hall–Kier alpha value is -2.38. The van der Waals surface area contributed by atoms with Gasteiger partial charge < -0.3 is 10.1 Å². The highest BCUT2D eigenvalue weighted by Gasteiger charge is 2.09. The maximum absolute atomic E-state index is 11.8. The van der Waals surface area contributed by atoms with Crippen molar-refractivity contribution in [3.05, 3.63) is 62.3 Å². The number of nitrogens with zero attached hydrogens (tertiary/aromatic N) is 2. The zero-order valence-electron chi connectivity index (χ0n) is 11.7. The van der Waals surface area contributed by atoms with Crippen molar-refractivity contribution in [2.45, 2.75) is 0 Å². The number of aromatic nitrogens is 1. The quantitative estimate of drug-likeness (QED) is 0.368. The number of hydrogen-bond donors (Lipinski definition) is 1. The number of benzene rings is 1. The lowest BCUT2D eigenvalue weighted by molar-refractivity contribution is -0.385. The molecule has 0 aliphatic rings. The Bertz CT molecular complexity index is 722. The lowest BCUT2D eigenvalue weighted by atomic mass is 10.2. The van der Waals surface area contributed by atoms with Crippen molar-refractivity contribution in [1.82, 2.24) is 4.98 Å². The van der Waals surface area contributed by atoms with Crippen LogP contribution in [0, 0.1) is 10.1 Å². The predicted molar refractivity (Wildman–Crippen MR) is 86.1 cm³/mol. The Kier molecular flexibility index (Phi) is 5.72. The summed E-state index contributed by atoms with van der Waals surface area (Å²) in [5, 5.41) is 14.0. The van der Waals surface area contributed by atoms with Crippen LogP contribution in [-0.2, 0) is 4.74 Å². The molecule has 1 aromatic carbocycles. The van der Waals surface area contributed by atoms with E-state index in [1.807, 2.05) is 0 Å². The molecule has 1 N–H and O–H groups in total. The van der Waals surface area contributed by atoms with Gasteiger partial charge in [0.25, 0.3) is 5.69 Å². The average molecular weight is 356 g/mol. The van der Waals surface area contributed by atoms with Crippen LogP contribution < -0.4 is 5.32 Å². The first-order valence-electron chi connectivity index (χ1n) is 6.44. The molecule has 2 rings (SSSR count). The smallest absolute Gasteiger partial charge is 0.338 e. The van der Waals surface area contributed by atoms with Crippen LogP contribution in [0.4, 0.5) is 11.5 Å². The second kappa shape index (κ2) is 7.75. The van der Waals surface area contributed by atoms with E-state index in [1.165, 1.54) is 30.3 Å². The number of rotatable bonds is 6. The Morgan fingerprint density at radius 3 is 2.65 bits per heavy atom. The van der Waals surface area contributed by atoms with E-state index in [0.717, 1.165) is 6.20 Å². The molecule has 0 spiro atoms. The van der Waals surface area contributed by atoms with E-state index in [0.29, 0.717) is 22.9 Å². The fourth-order valence-electron chi connectivity index (χ4n) is 1.63. The SMILES string of the molecule is O=C(OCCNc1ccc([N+](=O)[O-])cn1)c1ccc(Cl)c(Cl)c1. The summed E-state index contributed by atoms with van der Waals surface area (Å²) in [4.78, 5) is 25.6. The maximum Gasteiger partial charge on any atom is 0.338 e. The normalized spacial score (nSPS) is 10.2. The summed E-state index contributed by atoms with van der Waals surface area (Å²) < 4.78 is 5.07. The molecule has 0 radical (unpaired) electrons. The molecule has 0 bridgehead atoms. The van der Waals surface area contributed by atoms with E-state index in [9.17, 15) is 14.9 Å². The fraction of sp³-hybridized carbons (Fsp3) is 0.143. The number of halogens is 2. The van der Waals surface area contributed by atoms with Crippen LogP contribution in [-0.4, -0.2) is 29.0 Å². The van der Waals surface area contributed by atoms with Gasteiger partial charge in [0.1, 0.15) is 18.6 Å². The highest BCUT2D eigenvalue weighted by atomic mass is 35.5. The van der Waals surface area contributed by atoms with Crippen LogP contribution >= 0.6 is 23.2 Å². The van der Waals surface area contributed by atoms with Gasteiger partial charge in [0.2, 0.25) is 0 Å². The van der Waals surface area contributed by atoms with Gasteiger partial charge >= 0.3 is 5.97 Å². The third-order valence-electron chi connectivity index (χ3n) is 2.76. The molecule has 0 saturated carbocycles. The van der Waals surface area contributed by atoms with Gasteiger partial charge in [0, 0.05) is 6.07 Å². The molecule has 9 heteroatoms. The molecule has 7 nitrogen and oxygen atoms in total. The summed E-state index contributed by atoms with van der Waals surface area (Å²) in [5.41, 5.74) is 0.203. The molecule has 0 saturated heterocycles. The third kappa shape index (κ3) is 4.80. The Labute approximate surface area is 141 Å². The number of nitrogens with one attached hydrogen (secondary N) is 1. The van der Waals surface area contributed by atoms with Gasteiger partial charge in [-0.1, -0.05) is 23.2 Å². The Balaban J connectivity index is 1.79. The Morgan fingerprint density at radius 2 is 2.04 bits per heavy atom.